The Balaban J connectivity index is 2.85. The summed E-state index contributed by atoms with van der Waals surface area (Å²) in [5.74, 6) is 0.415. The van der Waals surface area contributed by atoms with E-state index in [1.807, 2.05) is 24.3 Å². The van der Waals surface area contributed by atoms with E-state index in [1.165, 1.54) is 5.56 Å². The van der Waals surface area contributed by atoms with Gasteiger partial charge in [-0.05, 0) is 29.8 Å². The number of benzene rings is 1. The molecule has 3 nitrogen and oxygen atoms in total. The molecule has 1 rings (SSSR count). The topological polar surface area (TPSA) is 47.8 Å². The molecule has 0 spiro atoms. The van der Waals surface area contributed by atoms with Gasteiger partial charge >= 0.3 is 0 Å². The summed E-state index contributed by atoms with van der Waals surface area (Å²) in [5, 5.41) is 14.1. The van der Waals surface area contributed by atoms with E-state index in [0.29, 0.717) is 11.0 Å². The monoisotopic (exact) mass is 219 g/mol. The lowest BCUT2D eigenvalue weighted by Crippen LogP contribution is -2.24. The van der Waals surface area contributed by atoms with Gasteiger partial charge in [0.2, 0.25) is 0 Å². The van der Waals surface area contributed by atoms with E-state index in [2.05, 4.69) is 24.5 Å². The smallest absolute Gasteiger partial charge is 0.184 e. The van der Waals surface area contributed by atoms with Crippen molar-refractivity contribution in [1.82, 2.24) is 5.32 Å². The molecule has 0 radical (unpaired) electrons. The van der Waals surface area contributed by atoms with Crippen molar-refractivity contribution in [1.29, 1.82) is 5.26 Å². The third-order valence-electron chi connectivity index (χ3n) is 2.00. The van der Waals surface area contributed by atoms with Gasteiger partial charge in [0.15, 0.2) is 11.3 Å². The molecule has 4 heteroatoms. The second-order valence-electron chi connectivity index (χ2n) is 3.43. The van der Waals surface area contributed by atoms with E-state index in [0.717, 1.165) is 5.69 Å². The largest absolute Gasteiger partial charge is 0.332 e. The summed E-state index contributed by atoms with van der Waals surface area (Å²) in [6.45, 7) is 4.22. The number of hydrogen-bond donors (Lipinski definition) is 2. The predicted molar refractivity (Wildman–Crippen MR) is 65.5 cm³/mol. The molecular weight excluding hydrogens is 206 g/mol. The molecule has 0 aliphatic heterocycles. The van der Waals surface area contributed by atoms with Crippen molar-refractivity contribution >= 4 is 23.0 Å². The molecule has 0 bridgehead atoms. The van der Waals surface area contributed by atoms with Gasteiger partial charge in [-0.15, -0.1) is 0 Å². The summed E-state index contributed by atoms with van der Waals surface area (Å²) in [5.41, 5.74) is 2.12. The lowest BCUT2D eigenvalue weighted by molar-refractivity contribution is 0.869. The molecule has 0 fully saturated rings. The Bertz CT molecular complexity index is 393. The van der Waals surface area contributed by atoms with Gasteiger partial charge in [-0.25, -0.2) is 0 Å². The number of nitrogens with one attached hydrogen (secondary N) is 2. The highest BCUT2D eigenvalue weighted by molar-refractivity contribution is 7.80. The third-order valence-corrected chi connectivity index (χ3v) is 2.20. The summed E-state index contributed by atoms with van der Waals surface area (Å²) < 4.78 is 0. The van der Waals surface area contributed by atoms with Crippen LogP contribution in [0.5, 0.6) is 0 Å². The van der Waals surface area contributed by atoms with E-state index in [9.17, 15) is 0 Å². The molecule has 0 aliphatic rings. The Morgan fingerprint density at radius 2 is 2.07 bits per heavy atom. The first-order valence-electron chi connectivity index (χ1n) is 4.70. The number of rotatable bonds is 2. The Hall–Kier alpha value is -1.60. The normalized spacial score (nSPS) is 9.47. The molecule has 0 unspecified atom stereocenters. The van der Waals surface area contributed by atoms with Crippen molar-refractivity contribution in [2.45, 2.75) is 19.8 Å². The number of para-hydroxylation sites is 1. The molecule has 2 N–H and O–H groups in total. The molecule has 1 aromatic rings. The molecule has 0 atom stereocenters. The second kappa shape index (κ2) is 5.32. The van der Waals surface area contributed by atoms with Crippen LogP contribution in [-0.4, -0.2) is 5.11 Å². The SMILES string of the molecule is CC(C)c1ccccc1NC(=S)NC#N. The standard InChI is InChI=1S/C11H13N3S/c1-8(2)9-5-3-4-6-10(9)14-11(15)13-7-12/h3-6,8H,1-2H3,(H2,13,14,15). The van der Waals surface area contributed by atoms with Crippen LogP contribution in [0.1, 0.15) is 25.3 Å². The Morgan fingerprint density at radius 1 is 1.40 bits per heavy atom. The summed E-state index contributed by atoms with van der Waals surface area (Å²) in [6.07, 6.45) is 1.78. The van der Waals surface area contributed by atoms with Crippen LogP contribution >= 0.6 is 12.2 Å². The Morgan fingerprint density at radius 3 is 2.67 bits per heavy atom. The van der Waals surface area contributed by atoms with E-state index < -0.39 is 0 Å². The fraction of sp³-hybridized carbons (Fsp3) is 0.273. The lowest BCUT2D eigenvalue weighted by atomic mass is 10.0. The van der Waals surface area contributed by atoms with Gasteiger partial charge in [0.05, 0.1) is 0 Å². The van der Waals surface area contributed by atoms with Gasteiger partial charge in [0.1, 0.15) is 0 Å². The average molecular weight is 219 g/mol. The van der Waals surface area contributed by atoms with Crippen molar-refractivity contribution in [2.24, 2.45) is 0 Å². The maximum absolute atomic E-state index is 8.40. The number of nitriles is 1. The second-order valence-corrected chi connectivity index (χ2v) is 3.84. The van der Waals surface area contributed by atoms with Gasteiger partial charge in [-0.1, -0.05) is 32.0 Å². The number of anilines is 1. The fourth-order valence-electron chi connectivity index (χ4n) is 1.32. The molecule has 0 saturated heterocycles. The first kappa shape index (κ1) is 11.5. The van der Waals surface area contributed by atoms with E-state index in [1.54, 1.807) is 6.19 Å². The summed E-state index contributed by atoms with van der Waals surface area (Å²) >= 11 is 4.94. The van der Waals surface area contributed by atoms with Crippen LogP contribution in [0.25, 0.3) is 0 Å². The number of nitrogens with zero attached hydrogens (tertiary/aromatic N) is 1. The zero-order valence-corrected chi connectivity index (χ0v) is 9.56. The van der Waals surface area contributed by atoms with Crippen molar-refractivity contribution in [3.8, 4) is 6.19 Å². The highest BCUT2D eigenvalue weighted by Crippen LogP contribution is 2.23. The zero-order valence-electron chi connectivity index (χ0n) is 8.74. The van der Waals surface area contributed by atoms with Crippen molar-refractivity contribution in [3.05, 3.63) is 29.8 Å². The highest BCUT2D eigenvalue weighted by Gasteiger charge is 2.06. The third kappa shape index (κ3) is 3.22. The quantitative estimate of drug-likeness (QED) is 0.456. The maximum Gasteiger partial charge on any atom is 0.184 e. The van der Waals surface area contributed by atoms with Gasteiger partial charge < -0.3 is 5.32 Å². The van der Waals surface area contributed by atoms with Crippen LogP contribution in [0.4, 0.5) is 5.69 Å². The van der Waals surface area contributed by atoms with Crippen molar-refractivity contribution < 1.29 is 0 Å². The summed E-state index contributed by atoms with van der Waals surface area (Å²) in [7, 11) is 0. The van der Waals surface area contributed by atoms with Crippen LogP contribution < -0.4 is 10.6 Å². The molecule has 1 aromatic carbocycles. The predicted octanol–water partition coefficient (Wildman–Crippen LogP) is 2.58. The van der Waals surface area contributed by atoms with Crippen molar-refractivity contribution in [2.75, 3.05) is 5.32 Å². The maximum atomic E-state index is 8.40. The fourth-order valence-corrected chi connectivity index (χ4v) is 1.47. The molecule has 0 heterocycles. The Labute approximate surface area is 95.1 Å². The van der Waals surface area contributed by atoms with Gasteiger partial charge in [-0.2, -0.15) is 5.26 Å². The minimum Gasteiger partial charge on any atom is -0.332 e. The van der Waals surface area contributed by atoms with Gasteiger partial charge in [0, 0.05) is 5.69 Å². The van der Waals surface area contributed by atoms with Gasteiger partial charge in [0.25, 0.3) is 0 Å². The first-order valence-corrected chi connectivity index (χ1v) is 5.11. The summed E-state index contributed by atoms with van der Waals surface area (Å²) in [6, 6.07) is 7.91. The molecule has 0 saturated carbocycles. The molecular formula is C11H13N3S. The first-order chi connectivity index (χ1) is 7.15. The van der Waals surface area contributed by atoms with Crippen LogP contribution in [-0.2, 0) is 0 Å². The van der Waals surface area contributed by atoms with Crippen LogP contribution in [0.15, 0.2) is 24.3 Å². The molecule has 0 amide bonds. The highest BCUT2D eigenvalue weighted by atomic mass is 32.1. The minimum atomic E-state index is 0.325. The lowest BCUT2D eigenvalue weighted by Gasteiger charge is -2.13. The van der Waals surface area contributed by atoms with E-state index in [4.69, 9.17) is 17.5 Å². The van der Waals surface area contributed by atoms with Crippen LogP contribution in [0.2, 0.25) is 0 Å². The van der Waals surface area contributed by atoms with Crippen molar-refractivity contribution in [3.63, 3.8) is 0 Å². The number of hydrogen-bond acceptors (Lipinski definition) is 2. The number of thiocarbonyl (C=S) groups is 1. The zero-order chi connectivity index (χ0) is 11.3. The van der Waals surface area contributed by atoms with Crippen LogP contribution in [0.3, 0.4) is 0 Å². The summed E-state index contributed by atoms with van der Waals surface area (Å²) in [4.78, 5) is 0. The van der Waals surface area contributed by atoms with Gasteiger partial charge in [-0.3, -0.25) is 5.32 Å². The molecule has 15 heavy (non-hydrogen) atoms. The minimum absolute atomic E-state index is 0.325. The van der Waals surface area contributed by atoms with E-state index >= 15 is 0 Å². The molecule has 0 aliphatic carbocycles. The van der Waals surface area contributed by atoms with E-state index in [-0.39, 0.29) is 0 Å². The molecule has 0 aromatic heterocycles. The molecule has 78 valence electrons. The average Bonchev–Trinajstić information content (AvgIpc) is 2.18. The van der Waals surface area contributed by atoms with Crippen LogP contribution in [0, 0.1) is 11.5 Å². The Kier molecular flexibility index (Phi) is 4.07.